The van der Waals surface area contributed by atoms with Crippen LogP contribution in [0.5, 0.6) is 5.75 Å². The van der Waals surface area contributed by atoms with E-state index in [-0.39, 0.29) is 17.9 Å². The number of carbonyl (C=O) groups is 2. The van der Waals surface area contributed by atoms with Gasteiger partial charge in [0.2, 0.25) is 11.8 Å². The Hall–Kier alpha value is -2.04. The molecule has 102 valence electrons. The molecule has 2 rings (SSSR count). The van der Waals surface area contributed by atoms with Crippen molar-refractivity contribution in [1.82, 2.24) is 5.32 Å². The fraction of sp³-hybridized carbons (Fsp3) is 0.429. The highest BCUT2D eigenvalue weighted by molar-refractivity contribution is 5.96. The van der Waals surface area contributed by atoms with E-state index in [0.29, 0.717) is 19.4 Å². The molecule has 0 aliphatic carbocycles. The van der Waals surface area contributed by atoms with Gasteiger partial charge in [-0.2, -0.15) is 0 Å². The molecule has 1 heterocycles. The molecular formula is C14H18N2O3. The van der Waals surface area contributed by atoms with Gasteiger partial charge >= 0.3 is 0 Å². The predicted octanol–water partition coefficient (Wildman–Crippen LogP) is 1.33. The summed E-state index contributed by atoms with van der Waals surface area (Å²) in [7, 11) is 1.60. The third-order valence-corrected chi connectivity index (χ3v) is 3.20. The molecule has 0 spiro atoms. The molecule has 1 aliphatic heterocycles. The Bertz CT molecular complexity index is 470. The first-order valence-electron chi connectivity index (χ1n) is 6.37. The molecule has 1 atom stereocenters. The summed E-state index contributed by atoms with van der Waals surface area (Å²) in [6.07, 6.45) is 0.797. The van der Waals surface area contributed by atoms with Crippen molar-refractivity contribution in [2.75, 3.05) is 18.6 Å². The average Bonchev–Trinajstić information content (AvgIpc) is 2.79. The number of amides is 2. The van der Waals surface area contributed by atoms with Crippen molar-refractivity contribution in [3.05, 3.63) is 24.3 Å². The van der Waals surface area contributed by atoms with Crippen molar-refractivity contribution in [2.45, 2.75) is 25.8 Å². The molecule has 0 aromatic heterocycles. The van der Waals surface area contributed by atoms with Crippen LogP contribution in [0.4, 0.5) is 5.69 Å². The number of nitrogens with one attached hydrogen (secondary N) is 1. The van der Waals surface area contributed by atoms with Gasteiger partial charge < -0.3 is 15.0 Å². The van der Waals surface area contributed by atoms with Crippen molar-refractivity contribution in [1.29, 1.82) is 0 Å². The third-order valence-electron chi connectivity index (χ3n) is 3.20. The molecule has 1 aromatic rings. The Morgan fingerprint density at radius 3 is 2.68 bits per heavy atom. The number of nitrogens with zero attached hydrogens (tertiary/aromatic N) is 1. The van der Waals surface area contributed by atoms with Gasteiger partial charge in [0.1, 0.15) is 5.75 Å². The van der Waals surface area contributed by atoms with Crippen molar-refractivity contribution in [3.63, 3.8) is 0 Å². The van der Waals surface area contributed by atoms with E-state index in [2.05, 4.69) is 5.32 Å². The zero-order chi connectivity index (χ0) is 13.8. The van der Waals surface area contributed by atoms with Crippen molar-refractivity contribution >= 4 is 17.5 Å². The smallest absolute Gasteiger partial charge is 0.229 e. The SMILES string of the molecule is CCC(=O)N[C@@H]1CC(=O)N(c2ccc(OC)cc2)C1. The van der Waals surface area contributed by atoms with Crippen LogP contribution in [0.3, 0.4) is 0 Å². The Kier molecular flexibility index (Phi) is 4.04. The van der Waals surface area contributed by atoms with Gasteiger partial charge in [0, 0.05) is 25.1 Å². The zero-order valence-electron chi connectivity index (χ0n) is 11.2. The van der Waals surface area contributed by atoms with Crippen LogP contribution in [0.2, 0.25) is 0 Å². The van der Waals surface area contributed by atoms with E-state index in [1.807, 2.05) is 24.3 Å². The van der Waals surface area contributed by atoms with Gasteiger partial charge in [-0.25, -0.2) is 0 Å². The lowest BCUT2D eigenvalue weighted by Crippen LogP contribution is -2.36. The zero-order valence-corrected chi connectivity index (χ0v) is 11.2. The monoisotopic (exact) mass is 262 g/mol. The van der Waals surface area contributed by atoms with E-state index in [1.54, 1.807) is 18.9 Å². The molecule has 2 amide bonds. The molecule has 1 N–H and O–H groups in total. The molecule has 0 unspecified atom stereocenters. The van der Waals surface area contributed by atoms with Gasteiger partial charge in [-0.3, -0.25) is 9.59 Å². The highest BCUT2D eigenvalue weighted by Gasteiger charge is 2.31. The van der Waals surface area contributed by atoms with Crippen LogP contribution < -0.4 is 15.0 Å². The number of ether oxygens (including phenoxy) is 1. The fourth-order valence-corrected chi connectivity index (χ4v) is 2.15. The summed E-state index contributed by atoms with van der Waals surface area (Å²) in [4.78, 5) is 25.0. The molecule has 1 aromatic carbocycles. The number of anilines is 1. The molecule has 5 heteroatoms. The molecule has 19 heavy (non-hydrogen) atoms. The second-order valence-electron chi connectivity index (χ2n) is 4.52. The maximum absolute atomic E-state index is 12.0. The Morgan fingerprint density at radius 1 is 1.42 bits per heavy atom. The van der Waals surface area contributed by atoms with E-state index in [4.69, 9.17) is 4.74 Å². The molecule has 0 bridgehead atoms. The van der Waals surface area contributed by atoms with Crippen LogP contribution in [-0.2, 0) is 9.59 Å². The molecule has 0 radical (unpaired) electrons. The Morgan fingerprint density at radius 2 is 2.11 bits per heavy atom. The minimum Gasteiger partial charge on any atom is -0.497 e. The second kappa shape index (κ2) is 5.73. The minimum atomic E-state index is -0.0953. The summed E-state index contributed by atoms with van der Waals surface area (Å²) in [5, 5.41) is 2.86. The van der Waals surface area contributed by atoms with E-state index >= 15 is 0 Å². The van der Waals surface area contributed by atoms with Gasteiger partial charge in [0.05, 0.1) is 13.2 Å². The van der Waals surface area contributed by atoms with Crippen LogP contribution in [0.15, 0.2) is 24.3 Å². The summed E-state index contributed by atoms with van der Waals surface area (Å²) in [5.74, 6) is 0.771. The van der Waals surface area contributed by atoms with Gasteiger partial charge in [-0.05, 0) is 24.3 Å². The summed E-state index contributed by atoms with van der Waals surface area (Å²) in [5.41, 5.74) is 0.832. The first-order chi connectivity index (χ1) is 9.13. The summed E-state index contributed by atoms with van der Waals surface area (Å²) < 4.78 is 5.09. The lowest BCUT2D eigenvalue weighted by atomic mass is 10.2. The highest BCUT2D eigenvalue weighted by Crippen LogP contribution is 2.24. The molecule has 1 saturated heterocycles. The van der Waals surface area contributed by atoms with E-state index in [9.17, 15) is 9.59 Å². The number of carbonyl (C=O) groups excluding carboxylic acids is 2. The molecule has 5 nitrogen and oxygen atoms in total. The Labute approximate surface area is 112 Å². The maximum Gasteiger partial charge on any atom is 0.229 e. The van der Waals surface area contributed by atoms with Crippen LogP contribution in [0.25, 0.3) is 0 Å². The van der Waals surface area contributed by atoms with Crippen molar-refractivity contribution in [3.8, 4) is 5.75 Å². The molecule has 1 fully saturated rings. The number of benzene rings is 1. The first kappa shape index (κ1) is 13.4. The fourth-order valence-electron chi connectivity index (χ4n) is 2.15. The summed E-state index contributed by atoms with van der Waals surface area (Å²) in [6, 6.07) is 7.24. The second-order valence-corrected chi connectivity index (χ2v) is 4.52. The van der Waals surface area contributed by atoms with Crippen LogP contribution in [0, 0.1) is 0 Å². The number of hydrogen-bond donors (Lipinski definition) is 1. The average molecular weight is 262 g/mol. The summed E-state index contributed by atoms with van der Waals surface area (Å²) >= 11 is 0. The van der Waals surface area contributed by atoms with Gasteiger partial charge in [-0.1, -0.05) is 6.92 Å². The third kappa shape index (κ3) is 3.05. The van der Waals surface area contributed by atoms with Crippen molar-refractivity contribution < 1.29 is 14.3 Å². The largest absolute Gasteiger partial charge is 0.497 e. The highest BCUT2D eigenvalue weighted by atomic mass is 16.5. The van der Waals surface area contributed by atoms with Gasteiger partial charge in [-0.15, -0.1) is 0 Å². The lowest BCUT2D eigenvalue weighted by Gasteiger charge is -2.17. The van der Waals surface area contributed by atoms with Gasteiger partial charge in [0.15, 0.2) is 0 Å². The number of hydrogen-bond acceptors (Lipinski definition) is 3. The number of rotatable bonds is 4. The Balaban J connectivity index is 2.04. The van der Waals surface area contributed by atoms with E-state index in [1.165, 1.54) is 0 Å². The quantitative estimate of drug-likeness (QED) is 0.890. The van der Waals surface area contributed by atoms with E-state index < -0.39 is 0 Å². The molecule has 1 aliphatic rings. The van der Waals surface area contributed by atoms with Crippen LogP contribution in [-0.4, -0.2) is 31.5 Å². The maximum atomic E-state index is 12.0. The lowest BCUT2D eigenvalue weighted by molar-refractivity contribution is -0.121. The number of methoxy groups -OCH3 is 1. The normalized spacial score (nSPS) is 18.5. The topological polar surface area (TPSA) is 58.6 Å². The first-order valence-corrected chi connectivity index (χ1v) is 6.37. The van der Waals surface area contributed by atoms with Gasteiger partial charge in [0.25, 0.3) is 0 Å². The molecular weight excluding hydrogens is 244 g/mol. The van der Waals surface area contributed by atoms with E-state index in [0.717, 1.165) is 11.4 Å². The van der Waals surface area contributed by atoms with Crippen LogP contribution >= 0.6 is 0 Å². The summed E-state index contributed by atoms with van der Waals surface area (Å²) in [6.45, 7) is 2.32. The predicted molar refractivity (Wildman–Crippen MR) is 72.2 cm³/mol. The van der Waals surface area contributed by atoms with Crippen LogP contribution in [0.1, 0.15) is 19.8 Å². The minimum absolute atomic E-state index is 0.0191. The van der Waals surface area contributed by atoms with Crippen molar-refractivity contribution in [2.24, 2.45) is 0 Å². The standard InChI is InChI=1S/C14H18N2O3/c1-3-13(17)15-10-8-14(18)16(9-10)11-4-6-12(19-2)7-5-11/h4-7,10H,3,8-9H2,1-2H3,(H,15,17)/t10-/m1/s1. The molecule has 0 saturated carbocycles.